The number of nitrogens with zero attached hydrogens (tertiary/aromatic N) is 2. The molecule has 0 aliphatic rings. The van der Waals surface area contributed by atoms with Crippen molar-refractivity contribution in [3.8, 4) is 11.4 Å². The molecule has 0 amide bonds. The summed E-state index contributed by atoms with van der Waals surface area (Å²) in [6, 6.07) is 23.0. The lowest BCUT2D eigenvalue weighted by molar-refractivity contribution is 0.455. The van der Waals surface area contributed by atoms with Gasteiger partial charge in [-0.25, -0.2) is 9.48 Å². The van der Waals surface area contributed by atoms with Crippen LogP contribution in [0.1, 0.15) is 28.3 Å². The highest BCUT2D eigenvalue weighted by molar-refractivity contribution is 6.31. The molecule has 0 aliphatic carbocycles. The topological polar surface area (TPSA) is 77.4 Å². The monoisotopic (exact) mass is 472 g/mol. The third-order valence-corrected chi connectivity index (χ3v) is 6.56. The Morgan fingerprint density at radius 2 is 1.53 bits per heavy atom. The molecule has 2 aromatic heterocycles. The molecule has 5 aromatic rings. The third kappa shape index (κ3) is 3.35. The van der Waals surface area contributed by atoms with Crippen molar-refractivity contribution in [2.75, 3.05) is 0 Å². The van der Waals surface area contributed by atoms with Crippen LogP contribution in [0, 0.1) is 6.92 Å². The van der Waals surface area contributed by atoms with Crippen LogP contribution < -0.4 is 11.2 Å². The lowest BCUT2D eigenvalue weighted by Crippen LogP contribution is -2.25. The zero-order chi connectivity index (χ0) is 24.0. The van der Waals surface area contributed by atoms with Crippen molar-refractivity contribution in [2.45, 2.75) is 12.8 Å². The van der Waals surface area contributed by atoms with E-state index in [0.29, 0.717) is 32.9 Å². The van der Waals surface area contributed by atoms with Crippen LogP contribution in [0.2, 0.25) is 5.02 Å². The number of benzene rings is 3. The molecule has 7 heteroatoms. The Morgan fingerprint density at radius 3 is 2.26 bits per heavy atom. The predicted octanol–water partition coefficient (Wildman–Crippen LogP) is 5.13. The molecule has 170 valence electrons. The van der Waals surface area contributed by atoms with Crippen LogP contribution in [-0.2, 0) is 7.05 Å². The number of fused-ring (bicyclic) bond motifs is 1. The largest absolute Gasteiger partial charge is 0.507 e. The molecule has 0 spiro atoms. The summed E-state index contributed by atoms with van der Waals surface area (Å²) in [5, 5.41) is 12.0. The number of aromatic hydroxyl groups is 1. The van der Waals surface area contributed by atoms with Gasteiger partial charge in [0.15, 0.2) is 0 Å². The van der Waals surface area contributed by atoms with Gasteiger partial charge in [0.1, 0.15) is 11.3 Å². The van der Waals surface area contributed by atoms with Gasteiger partial charge in [-0.3, -0.25) is 9.48 Å². The van der Waals surface area contributed by atoms with Crippen molar-refractivity contribution in [3.63, 3.8) is 0 Å². The van der Waals surface area contributed by atoms with E-state index in [1.807, 2.05) is 30.3 Å². The van der Waals surface area contributed by atoms with E-state index in [1.165, 1.54) is 4.68 Å². The number of halogens is 1. The van der Waals surface area contributed by atoms with Gasteiger partial charge < -0.3 is 9.52 Å². The number of hydrogen-bond donors (Lipinski definition) is 1. The second kappa shape index (κ2) is 8.39. The molecule has 1 N–H and O–H groups in total. The Balaban J connectivity index is 1.89. The maximum Gasteiger partial charge on any atom is 0.344 e. The molecule has 34 heavy (non-hydrogen) atoms. The van der Waals surface area contributed by atoms with E-state index in [-0.39, 0.29) is 22.5 Å². The average Bonchev–Trinajstić information content (AvgIpc) is 3.06. The number of rotatable bonds is 4. The summed E-state index contributed by atoms with van der Waals surface area (Å²) in [6.45, 7) is 1.81. The van der Waals surface area contributed by atoms with E-state index >= 15 is 0 Å². The maximum atomic E-state index is 13.9. The van der Waals surface area contributed by atoms with E-state index in [0.717, 1.165) is 0 Å². The Kier molecular flexibility index (Phi) is 5.38. The molecule has 6 nitrogen and oxygen atoms in total. The number of para-hydroxylation sites is 2. The molecule has 5 rings (SSSR count). The fourth-order valence-corrected chi connectivity index (χ4v) is 4.73. The maximum absolute atomic E-state index is 13.9. The van der Waals surface area contributed by atoms with E-state index in [1.54, 1.807) is 67.2 Å². The van der Waals surface area contributed by atoms with Crippen molar-refractivity contribution >= 4 is 22.6 Å². The minimum Gasteiger partial charge on any atom is -0.507 e. The zero-order valence-electron chi connectivity index (χ0n) is 18.5. The first-order valence-corrected chi connectivity index (χ1v) is 11.1. The quantitative estimate of drug-likeness (QED) is 0.368. The van der Waals surface area contributed by atoms with Crippen molar-refractivity contribution < 1.29 is 9.52 Å². The van der Waals surface area contributed by atoms with Crippen molar-refractivity contribution in [3.05, 3.63) is 127 Å². The summed E-state index contributed by atoms with van der Waals surface area (Å²) in [4.78, 5) is 27.1. The fraction of sp³-hybridized carbons (Fsp3) is 0.111. The molecule has 0 aliphatic heterocycles. The molecular formula is C27H21ClN2O4. The van der Waals surface area contributed by atoms with Gasteiger partial charge in [-0.1, -0.05) is 60.1 Å². The highest BCUT2D eigenvalue weighted by Crippen LogP contribution is 2.40. The van der Waals surface area contributed by atoms with Crippen molar-refractivity contribution in [2.24, 2.45) is 7.05 Å². The number of aromatic nitrogens is 2. The molecule has 0 saturated heterocycles. The SMILES string of the molecule is Cc1c([C@H](c2ccccc2Cl)c2c(O)c3ccccc3oc2=O)c(=O)n(-c2ccccc2)n1C. The van der Waals surface area contributed by atoms with Crippen LogP contribution in [0.3, 0.4) is 0 Å². The molecule has 0 saturated carbocycles. The van der Waals surface area contributed by atoms with Gasteiger partial charge in [0.05, 0.1) is 28.1 Å². The van der Waals surface area contributed by atoms with Crippen LogP contribution in [0.15, 0.2) is 92.9 Å². The van der Waals surface area contributed by atoms with Gasteiger partial charge in [0.25, 0.3) is 5.56 Å². The van der Waals surface area contributed by atoms with E-state index < -0.39 is 11.5 Å². The first-order valence-electron chi connectivity index (χ1n) is 10.7. The van der Waals surface area contributed by atoms with Gasteiger partial charge in [-0.2, -0.15) is 0 Å². The minimum absolute atomic E-state index is 0.0298. The van der Waals surface area contributed by atoms with Crippen LogP contribution in [-0.4, -0.2) is 14.5 Å². The molecule has 0 radical (unpaired) electrons. The molecule has 2 heterocycles. The Labute approximate surface area is 199 Å². The molecule has 0 fully saturated rings. The third-order valence-electron chi connectivity index (χ3n) is 6.21. The number of hydrogen-bond acceptors (Lipinski definition) is 4. The summed E-state index contributed by atoms with van der Waals surface area (Å²) >= 11 is 6.58. The van der Waals surface area contributed by atoms with Gasteiger partial charge in [0, 0.05) is 17.8 Å². The molecule has 0 unspecified atom stereocenters. The lowest BCUT2D eigenvalue weighted by Gasteiger charge is -2.19. The highest BCUT2D eigenvalue weighted by Gasteiger charge is 2.33. The Morgan fingerprint density at radius 1 is 0.882 bits per heavy atom. The van der Waals surface area contributed by atoms with Gasteiger partial charge >= 0.3 is 5.63 Å². The minimum atomic E-state index is -0.946. The van der Waals surface area contributed by atoms with Crippen LogP contribution in [0.25, 0.3) is 16.7 Å². The standard InChI is InChI=1S/C27H21ClN2O4/c1-16-22(26(32)30(29(16)2)17-10-4-3-5-11-17)23(18-12-6-8-14-20(18)28)24-25(31)19-13-7-9-15-21(19)34-27(24)33/h3-15,23,31H,1-2H3/t23-/m0/s1. The second-order valence-electron chi connectivity index (χ2n) is 8.08. The molecule has 3 aromatic carbocycles. The Bertz CT molecular complexity index is 1650. The normalized spacial score (nSPS) is 12.2. The predicted molar refractivity (Wildman–Crippen MR) is 132 cm³/mol. The van der Waals surface area contributed by atoms with Gasteiger partial charge in [0.2, 0.25) is 0 Å². The highest BCUT2D eigenvalue weighted by atomic mass is 35.5. The van der Waals surface area contributed by atoms with Crippen LogP contribution in [0.4, 0.5) is 0 Å². The summed E-state index contributed by atoms with van der Waals surface area (Å²) in [7, 11) is 1.78. The summed E-state index contributed by atoms with van der Waals surface area (Å²) in [5.41, 5.74) is 1.35. The Hall–Kier alpha value is -4.03. The van der Waals surface area contributed by atoms with Gasteiger partial charge in [-0.15, -0.1) is 0 Å². The smallest absolute Gasteiger partial charge is 0.344 e. The van der Waals surface area contributed by atoms with Crippen LogP contribution in [0.5, 0.6) is 5.75 Å². The summed E-state index contributed by atoms with van der Waals surface area (Å²) < 4.78 is 8.83. The summed E-state index contributed by atoms with van der Waals surface area (Å²) in [5.74, 6) is -1.18. The summed E-state index contributed by atoms with van der Waals surface area (Å²) in [6.07, 6.45) is 0. The molecule has 0 bridgehead atoms. The van der Waals surface area contributed by atoms with Crippen molar-refractivity contribution in [1.29, 1.82) is 0 Å². The molecule has 1 atom stereocenters. The van der Waals surface area contributed by atoms with Crippen LogP contribution >= 0.6 is 11.6 Å². The molecular weight excluding hydrogens is 452 g/mol. The first-order chi connectivity index (χ1) is 16.4. The fourth-order valence-electron chi connectivity index (χ4n) is 4.49. The second-order valence-corrected chi connectivity index (χ2v) is 8.48. The van der Waals surface area contributed by atoms with Crippen molar-refractivity contribution in [1.82, 2.24) is 9.36 Å². The van der Waals surface area contributed by atoms with E-state index in [2.05, 4.69) is 0 Å². The van der Waals surface area contributed by atoms with E-state index in [4.69, 9.17) is 16.0 Å². The van der Waals surface area contributed by atoms with E-state index in [9.17, 15) is 14.7 Å². The van der Waals surface area contributed by atoms with Gasteiger partial charge in [-0.05, 0) is 42.8 Å². The lowest BCUT2D eigenvalue weighted by atomic mass is 9.85. The zero-order valence-corrected chi connectivity index (χ0v) is 19.3. The first kappa shape index (κ1) is 21.8. The average molecular weight is 473 g/mol.